The summed E-state index contributed by atoms with van der Waals surface area (Å²) in [4.78, 5) is 39.1. The third kappa shape index (κ3) is 2.95. The summed E-state index contributed by atoms with van der Waals surface area (Å²) in [5.74, 6) is -1.43. The monoisotopic (exact) mass is 310 g/mol. The largest absolute Gasteiger partial charge is 0.479 e. The molecule has 0 aromatic carbocycles. The molecule has 2 amide bonds. The third-order valence-electron chi connectivity index (χ3n) is 4.93. The van der Waals surface area contributed by atoms with Crippen molar-refractivity contribution in [2.45, 2.75) is 44.2 Å². The molecular formula is C15H22N2O5. The number of morpholine rings is 1. The molecule has 22 heavy (non-hydrogen) atoms. The number of rotatable bonds is 3. The molecule has 1 aliphatic carbocycles. The molecule has 1 N–H and O–H groups in total. The van der Waals surface area contributed by atoms with Gasteiger partial charge in [0, 0.05) is 25.6 Å². The maximum absolute atomic E-state index is 12.6. The van der Waals surface area contributed by atoms with Crippen LogP contribution in [0.5, 0.6) is 0 Å². The van der Waals surface area contributed by atoms with E-state index in [2.05, 4.69) is 0 Å². The van der Waals surface area contributed by atoms with Crippen LogP contribution in [-0.4, -0.2) is 71.1 Å². The fourth-order valence-electron chi connectivity index (χ4n) is 3.72. The van der Waals surface area contributed by atoms with Crippen molar-refractivity contribution >= 4 is 17.8 Å². The lowest BCUT2D eigenvalue weighted by Gasteiger charge is -2.32. The Hall–Kier alpha value is -1.63. The van der Waals surface area contributed by atoms with Crippen molar-refractivity contribution in [1.29, 1.82) is 0 Å². The highest BCUT2D eigenvalue weighted by Gasteiger charge is 2.41. The lowest BCUT2D eigenvalue weighted by Crippen LogP contribution is -2.50. The first kappa shape index (κ1) is 15.3. The van der Waals surface area contributed by atoms with Crippen molar-refractivity contribution < 1.29 is 24.2 Å². The van der Waals surface area contributed by atoms with Gasteiger partial charge in [0.2, 0.25) is 11.8 Å². The first-order chi connectivity index (χ1) is 10.6. The van der Waals surface area contributed by atoms with Crippen LogP contribution in [0.25, 0.3) is 0 Å². The number of nitrogens with zero attached hydrogens (tertiary/aromatic N) is 2. The highest BCUT2D eigenvalue weighted by atomic mass is 16.5. The van der Waals surface area contributed by atoms with Gasteiger partial charge in [-0.25, -0.2) is 4.79 Å². The van der Waals surface area contributed by atoms with Crippen molar-refractivity contribution in [3.63, 3.8) is 0 Å². The molecule has 0 aromatic rings. The van der Waals surface area contributed by atoms with Crippen LogP contribution in [0.1, 0.15) is 32.1 Å². The summed E-state index contributed by atoms with van der Waals surface area (Å²) in [5.41, 5.74) is 0. The standard InChI is InChI=1S/C15H22N2O5/c18-13-7-10(8-17(13)11-3-1-2-4-11)14(19)16-5-6-22-12(9-16)15(20)21/h10-12H,1-9H2,(H,20,21)/t10-,12+/m0/s1. The van der Waals surface area contributed by atoms with E-state index >= 15 is 0 Å². The lowest BCUT2D eigenvalue weighted by atomic mass is 10.1. The van der Waals surface area contributed by atoms with Crippen LogP contribution in [0.4, 0.5) is 0 Å². The highest BCUT2D eigenvalue weighted by Crippen LogP contribution is 2.30. The summed E-state index contributed by atoms with van der Waals surface area (Å²) in [7, 11) is 0. The molecule has 2 heterocycles. The van der Waals surface area contributed by atoms with E-state index in [-0.39, 0.29) is 37.3 Å². The Morgan fingerprint density at radius 1 is 1.18 bits per heavy atom. The molecule has 1 saturated carbocycles. The molecule has 2 saturated heterocycles. The summed E-state index contributed by atoms with van der Waals surface area (Å²) >= 11 is 0. The number of hydrogen-bond donors (Lipinski definition) is 1. The van der Waals surface area contributed by atoms with Crippen molar-refractivity contribution in [3.8, 4) is 0 Å². The molecule has 2 aliphatic heterocycles. The average molecular weight is 310 g/mol. The number of aliphatic carboxylic acids is 1. The highest BCUT2D eigenvalue weighted by molar-refractivity contribution is 5.89. The molecule has 0 aromatic heterocycles. The Bertz CT molecular complexity index is 475. The van der Waals surface area contributed by atoms with Crippen LogP contribution in [0.15, 0.2) is 0 Å². The van der Waals surface area contributed by atoms with Gasteiger partial charge in [0.1, 0.15) is 0 Å². The van der Waals surface area contributed by atoms with Crippen LogP contribution in [-0.2, 0) is 19.1 Å². The van der Waals surface area contributed by atoms with E-state index in [0.717, 1.165) is 25.7 Å². The van der Waals surface area contributed by atoms with Gasteiger partial charge in [0.05, 0.1) is 19.1 Å². The second kappa shape index (κ2) is 6.24. The van der Waals surface area contributed by atoms with E-state index in [9.17, 15) is 14.4 Å². The minimum Gasteiger partial charge on any atom is -0.479 e. The minimum atomic E-state index is -1.05. The van der Waals surface area contributed by atoms with E-state index in [4.69, 9.17) is 9.84 Å². The molecule has 122 valence electrons. The molecule has 0 radical (unpaired) electrons. The van der Waals surface area contributed by atoms with Gasteiger partial charge < -0.3 is 19.6 Å². The Balaban J connectivity index is 1.60. The molecule has 7 heteroatoms. The normalized spacial score (nSPS) is 30.1. The zero-order valence-corrected chi connectivity index (χ0v) is 12.6. The maximum Gasteiger partial charge on any atom is 0.334 e. The lowest BCUT2D eigenvalue weighted by molar-refractivity contribution is -0.160. The second-order valence-electron chi connectivity index (χ2n) is 6.37. The van der Waals surface area contributed by atoms with Crippen LogP contribution in [0.3, 0.4) is 0 Å². The number of amides is 2. The Morgan fingerprint density at radius 3 is 2.59 bits per heavy atom. The number of hydrogen-bond acceptors (Lipinski definition) is 4. The number of likely N-dealkylation sites (tertiary alicyclic amines) is 1. The number of carboxylic acids is 1. The molecular weight excluding hydrogens is 288 g/mol. The summed E-state index contributed by atoms with van der Waals surface area (Å²) in [6, 6.07) is 0.293. The van der Waals surface area contributed by atoms with E-state index in [1.807, 2.05) is 4.90 Å². The quantitative estimate of drug-likeness (QED) is 0.798. The SMILES string of the molecule is O=C(O)[C@H]1CN(C(=O)[C@H]2CC(=O)N(C3CCCC3)C2)CCO1. The van der Waals surface area contributed by atoms with Crippen molar-refractivity contribution in [2.24, 2.45) is 5.92 Å². The van der Waals surface area contributed by atoms with Crippen LogP contribution in [0, 0.1) is 5.92 Å². The fraction of sp³-hybridized carbons (Fsp3) is 0.800. The van der Waals surface area contributed by atoms with E-state index in [1.54, 1.807) is 4.90 Å². The number of ether oxygens (including phenoxy) is 1. The van der Waals surface area contributed by atoms with Gasteiger partial charge in [-0.1, -0.05) is 12.8 Å². The molecule has 0 bridgehead atoms. The Kier molecular flexibility index (Phi) is 4.33. The first-order valence-electron chi connectivity index (χ1n) is 7.99. The molecule has 3 fully saturated rings. The van der Waals surface area contributed by atoms with Crippen molar-refractivity contribution in [1.82, 2.24) is 9.80 Å². The Labute approximate surface area is 129 Å². The van der Waals surface area contributed by atoms with Gasteiger partial charge in [-0.05, 0) is 12.8 Å². The van der Waals surface area contributed by atoms with Crippen LogP contribution >= 0.6 is 0 Å². The zero-order chi connectivity index (χ0) is 15.7. The van der Waals surface area contributed by atoms with Gasteiger partial charge >= 0.3 is 5.97 Å². The van der Waals surface area contributed by atoms with Gasteiger partial charge in [-0.2, -0.15) is 0 Å². The summed E-state index contributed by atoms with van der Waals surface area (Å²) in [5, 5.41) is 9.01. The molecule has 7 nitrogen and oxygen atoms in total. The molecule has 3 aliphatic rings. The molecule has 2 atom stereocenters. The number of carboxylic acid groups (broad SMARTS) is 1. The number of carbonyl (C=O) groups excluding carboxylic acids is 2. The van der Waals surface area contributed by atoms with E-state index in [0.29, 0.717) is 19.1 Å². The summed E-state index contributed by atoms with van der Waals surface area (Å²) < 4.78 is 5.14. The van der Waals surface area contributed by atoms with Gasteiger partial charge in [-0.3, -0.25) is 9.59 Å². The van der Waals surface area contributed by atoms with Crippen molar-refractivity contribution in [2.75, 3.05) is 26.2 Å². The molecule has 0 spiro atoms. The smallest absolute Gasteiger partial charge is 0.334 e. The predicted molar refractivity (Wildman–Crippen MR) is 76.0 cm³/mol. The summed E-state index contributed by atoms with van der Waals surface area (Å²) in [6.07, 6.45) is 3.66. The minimum absolute atomic E-state index is 0.0632. The fourth-order valence-corrected chi connectivity index (χ4v) is 3.72. The first-order valence-corrected chi connectivity index (χ1v) is 7.99. The van der Waals surface area contributed by atoms with E-state index in [1.165, 1.54) is 0 Å². The van der Waals surface area contributed by atoms with Gasteiger partial charge in [-0.15, -0.1) is 0 Å². The maximum atomic E-state index is 12.6. The predicted octanol–water partition coefficient (Wildman–Crippen LogP) is 0.0895. The Morgan fingerprint density at radius 2 is 1.91 bits per heavy atom. The second-order valence-corrected chi connectivity index (χ2v) is 6.37. The number of carbonyl (C=O) groups is 3. The van der Waals surface area contributed by atoms with Crippen LogP contribution in [0.2, 0.25) is 0 Å². The van der Waals surface area contributed by atoms with Gasteiger partial charge in [0.15, 0.2) is 6.10 Å². The topological polar surface area (TPSA) is 87.2 Å². The molecule has 3 rings (SSSR count). The van der Waals surface area contributed by atoms with Crippen molar-refractivity contribution in [3.05, 3.63) is 0 Å². The molecule has 0 unspecified atom stereocenters. The third-order valence-corrected chi connectivity index (χ3v) is 4.93. The van der Waals surface area contributed by atoms with Crippen LogP contribution < -0.4 is 0 Å². The van der Waals surface area contributed by atoms with Gasteiger partial charge in [0.25, 0.3) is 0 Å². The van der Waals surface area contributed by atoms with E-state index < -0.39 is 12.1 Å². The summed E-state index contributed by atoms with van der Waals surface area (Å²) in [6.45, 7) is 1.19. The average Bonchev–Trinajstić information content (AvgIpc) is 3.15. The zero-order valence-electron chi connectivity index (χ0n) is 12.6.